The summed E-state index contributed by atoms with van der Waals surface area (Å²) in [7, 11) is 4.08. The van der Waals surface area contributed by atoms with Crippen molar-refractivity contribution in [3.05, 3.63) is 0 Å². The first-order chi connectivity index (χ1) is 3.50. The highest BCUT2D eigenvalue weighted by Crippen LogP contribution is 2.55. The van der Waals surface area contributed by atoms with Gasteiger partial charge in [0.05, 0.1) is 5.39 Å². The minimum Gasteiger partial charge on any atom is -0.274 e. The molecule has 0 spiro atoms. The Morgan fingerprint density at radius 3 is 1.88 bits per heavy atom. The molecule has 0 amide bonds. The van der Waals surface area contributed by atoms with Crippen LogP contribution in [0.1, 0.15) is 0 Å². The highest BCUT2D eigenvalue weighted by atomic mass is 32.9. The number of hydrogen-bond acceptors (Lipinski definition) is 2. The topological polar surface area (TPSA) is 3.24 Å². The fraction of sp³-hybridized carbons (Fsp3) is 1.00. The second-order valence-electron chi connectivity index (χ2n) is 1.83. The molecule has 4 heteroatoms. The summed E-state index contributed by atoms with van der Waals surface area (Å²) in [4.78, 5) is 0. The summed E-state index contributed by atoms with van der Waals surface area (Å²) in [6, 6.07) is 0. The number of nitrogens with zero attached hydrogens (tertiary/aromatic N) is 1. The van der Waals surface area contributed by atoms with Crippen molar-refractivity contribution >= 4 is 28.6 Å². The SMILES string of the molecule is CSP(C)(=S)N(C)C. The average Bonchev–Trinajstić information content (AvgIpc) is 1.67. The summed E-state index contributed by atoms with van der Waals surface area (Å²) in [5, 5.41) is -1.16. The molecule has 8 heavy (non-hydrogen) atoms. The number of hydrogen-bond donors (Lipinski definition) is 0. The van der Waals surface area contributed by atoms with Crippen molar-refractivity contribution in [3.63, 3.8) is 0 Å². The lowest BCUT2D eigenvalue weighted by atomic mass is 11.3. The molecule has 0 saturated carbocycles. The van der Waals surface area contributed by atoms with Crippen molar-refractivity contribution in [2.75, 3.05) is 27.0 Å². The minimum absolute atomic E-state index is 1.16. The lowest BCUT2D eigenvalue weighted by Crippen LogP contribution is -2.03. The van der Waals surface area contributed by atoms with Gasteiger partial charge in [-0.2, -0.15) is 0 Å². The van der Waals surface area contributed by atoms with Crippen LogP contribution in [0, 0.1) is 0 Å². The molecule has 0 saturated heterocycles. The number of rotatable bonds is 2. The van der Waals surface area contributed by atoms with Gasteiger partial charge in [0.2, 0.25) is 0 Å². The molecule has 0 bridgehead atoms. The van der Waals surface area contributed by atoms with E-state index >= 15 is 0 Å². The van der Waals surface area contributed by atoms with E-state index in [4.69, 9.17) is 11.8 Å². The van der Waals surface area contributed by atoms with E-state index in [0.29, 0.717) is 0 Å². The first kappa shape index (κ1) is 8.96. The molecule has 1 nitrogen and oxygen atoms in total. The Kier molecular flexibility index (Phi) is 3.60. The van der Waals surface area contributed by atoms with Crippen molar-refractivity contribution in [3.8, 4) is 0 Å². The Hall–Kier alpha value is 0.960. The van der Waals surface area contributed by atoms with Gasteiger partial charge in [0, 0.05) is 0 Å². The molecule has 1 atom stereocenters. The van der Waals surface area contributed by atoms with Gasteiger partial charge in [-0.3, -0.25) is 4.67 Å². The van der Waals surface area contributed by atoms with Gasteiger partial charge in [0.25, 0.3) is 0 Å². The highest BCUT2D eigenvalue weighted by Gasteiger charge is 2.08. The maximum Gasteiger partial charge on any atom is 0.0632 e. The summed E-state index contributed by atoms with van der Waals surface area (Å²) in [5.74, 6) is 0. The molecule has 0 aliphatic rings. The van der Waals surface area contributed by atoms with Crippen LogP contribution >= 0.6 is 16.8 Å². The molecule has 0 radical (unpaired) electrons. The largest absolute Gasteiger partial charge is 0.274 e. The van der Waals surface area contributed by atoms with Crippen LogP contribution in [0.3, 0.4) is 0 Å². The fourth-order valence-electron chi connectivity index (χ4n) is 0.163. The van der Waals surface area contributed by atoms with Crippen molar-refractivity contribution in [2.24, 2.45) is 0 Å². The molecule has 0 aromatic heterocycles. The zero-order valence-electron chi connectivity index (χ0n) is 5.71. The minimum atomic E-state index is -1.16. The highest BCUT2D eigenvalue weighted by molar-refractivity contribution is 8.69. The fourth-order valence-corrected chi connectivity index (χ4v) is 1.47. The summed E-state index contributed by atoms with van der Waals surface area (Å²) in [6.45, 7) is 2.13. The van der Waals surface area contributed by atoms with Gasteiger partial charge in [-0.05, 0) is 27.0 Å². The van der Waals surface area contributed by atoms with Gasteiger partial charge in [-0.25, -0.2) is 0 Å². The third kappa shape index (κ3) is 2.49. The lowest BCUT2D eigenvalue weighted by molar-refractivity contribution is 0.689. The van der Waals surface area contributed by atoms with E-state index in [1.807, 2.05) is 14.1 Å². The van der Waals surface area contributed by atoms with Crippen LogP contribution < -0.4 is 0 Å². The summed E-state index contributed by atoms with van der Waals surface area (Å²) in [5.41, 5.74) is 0. The second-order valence-corrected chi connectivity index (χ2v) is 10.7. The smallest absolute Gasteiger partial charge is 0.0632 e. The molecule has 0 N–H and O–H groups in total. The maximum absolute atomic E-state index is 5.27. The van der Waals surface area contributed by atoms with Gasteiger partial charge in [-0.1, -0.05) is 11.8 Å². The van der Waals surface area contributed by atoms with Crippen LogP contribution in [-0.4, -0.2) is 31.7 Å². The van der Waals surface area contributed by atoms with Crippen LogP contribution in [0.25, 0.3) is 0 Å². The zero-order valence-corrected chi connectivity index (χ0v) is 8.24. The van der Waals surface area contributed by atoms with Gasteiger partial charge in [0.1, 0.15) is 0 Å². The van der Waals surface area contributed by atoms with E-state index in [-0.39, 0.29) is 0 Å². The molecular weight excluding hydrogens is 157 g/mol. The van der Waals surface area contributed by atoms with Crippen molar-refractivity contribution < 1.29 is 0 Å². The van der Waals surface area contributed by atoms with Gasteiger partial charge in [-0.15, -0.1) is 11.4 Å². The quantitative estimate of drug-likeness (QED) is 0.581. The monoisotopic (exact) mass is 169 g/mol. The molecule has 50 valence electrons. The van der Waals surface area contributed by atoms with E-state index < -0.39 is 5.39 Å². The molecule has 0 rings (SSSR count). The van der Waals surface area contributed by atoms with Crippen molar-refractivity contribution in [2.45, 2.75) is 0 Å². The van der Waals surface area contributed by atoms with E-state index in [2.05, 4.69) is 17.6 Å². The summed E-state index contributed by atoms with van der Waals surface area (Å²) >= 11 is 7.06. The van der Waals surface area contributed by atoms with Crippen molar-refractivity contribution in [1.29, 1.82) is 0 Å². The molecule has 0 aromatic rings. The zero-order chi connectivity index (χ0) is 6.78. The Labute approximate surface area is 60.6 Å². The average molecular weight is 169 g/mol. The molecule has 0 aromatic carbocycles. The van der Waals surface area contributed by atoms with E-state index in [9.17, 15) is 0 Å². The standard InChI is InChI=1S/C4H12NPS2/c1-5(2)6(3,7)8-4/h1-4H3. The second kappa shape index (κ2) is 3.21. The van der Waals surface area contributed by atoms with Crippen LogP contribution in [0.4, 0.5) is 0 Å². The van der Waals surface area contributed by atoms with Gasteiger partial charge >= 0.3 is 0 Å². The molecule has 1 unspecified atom stereocenters. The summed E-state index contributed by atoms with van der Waals surface area (Å²) in [6.07, 6.45) is 2.07. The maximum atomic E-state index is 5.27. The van der Waals surface area contributed by atoms with Crippen LogP contribution in [-0.2, 0) is 11.8 Å². The van der Waals surface area contributed by atoms with Crippen LogP contribution in [0.15, 0.2) is 0 Å². The van der Waals surface area contributed by atoms with Gasteiger partial charge < -0.3 is 0 Å². The lowest BCUT2D eigenvalue weighted by Gasteiger charge is -2.21. The predicted molar refractivity (Wildman–Crippen MR) is 47.4 cm³/mol. The Balaban J connectivity index is 3.93. The first-order valence-electron chi connectivity index (χ1n) is 2.32. The predicted octanol–water partition coefficient (Wildman–Crippen LogP) is 1.85. The molecule has 0 heterocycles. The Morgan fingerprint density at radius 2 is 1.88 bits per heavy atom. The van der Waals surface area contributed by atoms with E-state index in [0.717, 1.165) is 0 Å². The Morgan fingerprint density at radius 1 is 1.50 bits per heavy atom. The Bertz CT molecular complexity index is 113. The third-order valence-corrected chi connectivity index (χ3v) is 8.53. The molecule has 0 fully saturated rings. The molecular formula is C4H12NPS2. The third-order valence-electron chi connectivity index (χ3n) is 1.07. The van der Waals surface area contributed by atoms with E-state index in [1.165, 1.54) is 0 Å². The van der Waals surface area contributed by atoms with Crippen LogP contribution in [0.5, 0.6) is 0 Å². The van der Waals surface area contributed by atoms with E-state index in [1.54, 1.807) is 11.4 Å². The normalized spacial score (nSPS) is 18.6. The first-order valence-corrected chi connectivity index (χ1v) is 7.35. The molecule has 0 aliphatic heterocycles. The van der Waals surface area contributed by atoms with Crippen LogP contribution in [0.2, 0.25) is 0 Å². The van der Waals surface area contributed by atoms with Crippen molar-refractivity contribution in [1.82, 2.24) is 4.67 Å². The summed E-state index contributed by atoms with van der Waals surface area (Å²) < 4.78 is 2.13. The molecule has 0 aliphatic carbocycles. The van der Waals surface area contributed by atoms with Gasteiger partial charge in [0.15, 0.2) is 0 Å².